The van der Waals surface area contributed by atoms with Gasteiger partial charge in [-0.05, 0) is 30.5 Å². The molecule has 2 heterocycles. The van der Waals surface area contributed by atoms with Crippen LogP contribution in [0.1, 0.15) is 18.4 Å². The van der Waals surface area contributed by atoms with Crippen LogP contribution in [0.5, 0.6) is 0 Å². The second kappa shape index (κ2) is 5.99. The molecular formula is C15H19N3O2S. The summed E-state index contributed by atoms with van der Waals surface area (Å²) in [7, 11) is -2.85. The zero-order chi connectivity index (χ0) is 14.7. The standard InChI is InChI=1S/C15H19N3O2S/c19-21(20)9-1-2-14(11-21)17-10-13-3-5-15(6-4-13)18-8-7-16-12-18/h3-8,12,14,17H,1-2,9-11H2. The minimum atomic E-state index is -2.85. The van der Waals surface area contributed by atoms with Crippen LogP contribution in [0.3, 0.4) is 0 Å². The molecule has 1 unspecified atom stereocenters. The summed E-state index contributed by atoms with van der Waals surface area (Å²) >= 11 is 0. The molecule has 21 heavy (non-hydrogen) atoms. The Morgan fingerprint density at radius 3 is 2.76 bits per heavy atom. The Kier molecular flexibility index (Phi) is 4.07. The quantitative estimate of drug-likeness (QED) is 0.930. The van der Waals surface area contributed by atoms with Crippen LogP contribution >= 0.6 is 0 Å². The van der Waals surface area contributed by atoms with E-state index < -0.39 is 9.84 Å². The SMILES string of the molecule is O=S1(=O)CCCC(NCc2ccc(-n3ccnc3)cc2)C1. The molecule has 0 spiro atoms. The Balaban J connectivity index is 1.58. The third-order valence-electron chi connectivity index (χ3n) is 3.80. The second-order valence-corrected chi connectivity index (χ2v) is 7.70. The van der Waals surface area contributed by atoms with Gasteiger partial charge in [0.15, 0.2) is 9.84 Å². The average Bonchev–Trinajstić information content (AvgIpc) is 2.99. The molecule has 1 fully saturated rings. The number of nitrogens with zero attached hydrogens (tertiary/aromatic N) is 2. The molecule has 0 aliphatic carbocycles. The van der Waals surface area contributed by atoms with E-state index in [9.17, 15) is 8.42 Å². The Hall–Kier alpha value is -1.66. The van der Waals surface area contributed by atoms with E-state index >= 15 is 0 Å². The number of sulfone groups is 1. The maximum Gasteiger partial charge on any atom is 0.151 e. The molecule has 0 radical (unpaired) electrons. The number of hydrogen-bond donors (Lipinski definition) is 1. The van der Waals surface area contributed by atoms with Crippen molar-refractivity contribution in [2.75, 3.05) is 11.5 Å². The van der Waals surface area contributed by atoms with Crippen LogP contribution in [0.15, 0.2) is 43.0 Å². The van der Waals surface area contributed by atoms with Gasteiger partial charge in [-0.15, -0.1) is 0 Å². The summed E-state index contributed by atoms with van der Waals surface area (Å²) in [5.41, 5.74) is 2.22. The van der Waals surface area contributed by atoms with Gasteiger partial charge < -0.3 is 9.88 Å². The lowest BCUT2D eigenvalue weighted by Crippen LogP contribution is -2.39. The molecular weight excluding hydrogens is 286 g/mol. The predicted octanol–water partition coefficient (Wildman–Crippen LogP) is 1.54. The van der Waals surface area contributed by atoms with Crippen LogP contribution in [0, 0.1) is 0 Å². The van der Waals surface area contributed by atoms with E-state index in [-0.39, 0.29) is 11.8 Å². The van der Waals surface area contributed by atoms with Crippen molar-refractivity contribution in [3.63, 3.8) is 0 Å². The van der Waals surface area contributed by atoms with Gasteiger partial charge in [-0.2, -0.15) is 0 Å². The van der Waals surface area contributed by atoms with Crippen molar-refractivity contribution >= 4 is 9.84 Å². The van der Waals surface area contributed by atoms with E-state index in [2.05, 4.69) is 22.4 Å². The van der Waals surface area contributed by atoms with Crippen molar-refractivity contribution in [3.05, 3.63) is 48.5 Å². The van der Waals surface area contributed by atoms with E-state index in [1.165, 1.54) is 0 Å². The third kappa shape index (κ3) is 3.71. The number of imidazole rings is 1. The first-order chi connectivity index (χ1) is 10.1. The van der Waals surface area contributed by atoms with E-state index in [0.29, 0.717) is 12.3 Å². The molecule has 1 atom stereocenters. The van der Waals surface area contributed by atoms with Crippen molar-refractivity contribution in [2.45, 2.75) is 25.4 Å². The van der Waals surface area contributed by atoms with E-state index in [1.54, 1.807) is 12.5 Å². The Morgan fingerprint density at radius 1 is 1.29 bits per heavy atom. The predicted molar refractivity (Wildman–Crippen MR) is 82.1 cm³/mol. The van der Waals surface area contributed by atoms with Crippen LogP contribution < -0.4 is 5.32 Å². The normalized spacial score (nSPS) is 21.2. The van der Waals surface area contributed by atoms with Crippen LogP contribution in [0.2, 0.25) is 0 Å². The molecule has 1 aliphatic rings. The fourth-order valence-corrected chi connectivity index (χ4v) is 4.31. The summed E-state index contributed by atoms with van der Waals surface area (Å²) < 4.78 is 25.1. The first kappa shape index (κ1) is 14.3. The Labute approximate surface area is 124 Å². The van der Waals surface area contributed by atoms with Gasteiger partial charge >= 0.3 is 0 Å². The molecule has 0 amide bonds. The number of aromatic nitrogens is 2. The van der Waals surface area contributed by atoms with Crippen molar-refractivity contribution in [2.24, 2.45) is 0 Å². The van der Waals surface area contributed by atoms with Gasteiger partial charge in [0, 0.05) is 30.7 Å². The summed E-state index contributed by atoms with van der Waals surface area (Å²) in [4.78, 5) is 4.03. The van der Waals surface area contributed by atoms with Gasteiger partial charge in [-0.25, -0.2) is 13.4 Å². The second-order valence-electron chi connectivity index (χ2n) is 5.47. The van der Waals surface area contributed by atoms with Crippen molar-refractivity contribution in [3.8, 4) is 5.69 Å². The molecule has 6 heteroatoms. The van der Waals surface area contributed by atoms with E-state index in [1.807, 2.05) is 22.9 Å². The van der Waals surface area contributed by atoms with Gasteiger partial charge in [0.2, 0.25) is 0 Å². The zero-order valence-corrected chi connectivity index (χ0v) is 12.6. The number of rotatable bonds is 4. The largest absolute Gasteiger partial charge is 0.309 e. The first-order valence-corrected chi connectivity index (χ1v) is 8.96. The maximum absolute atomic E-state index is 11.6. The Bertz CT molecular complexity index is 678. The van der Waals surface area contributed by atoms with Gasteiger partial charge in [0.25, 0.3) is 0 Å². The lowest BCUT2D eigenvalue weighted by atomic mass is 10.1. The molecule has 3 rings (SSSR count). The molecule has 0 bridgehead atoms. The lowest BCUT2D eigenvalue weighted by Gasteiger charge is -2.23. The number of nitrogens with one attached hydrogen (secondary N) is 1. The Morgan fingerprint density at radius 2 is 2.10 bits per heavy atom. The lowest BCUT2D eigenvalue weighted by molar-refractivity contribution is 0.480. The maximum atomic E-state index is 11.6. The monoisotopic (exact) mass is 305 g/mol. The highest BCUT2D eigenvalue weighted by molar-refractivity contribution is 7.91. The smallest absolute Gasteiger partial charge is 0.151 e. The fourth-order valence-electron chi connectivity index (χ4n) is 2.64. The summed E-state index contributed by atoms with van der Waals surface area (Å²) in [6.07, 6.45) is 7.12. The van der Waals surface area contributed by atoms with E-state index in [4.69, 9.17) is 0 Å². The highest BCUT2D eigenvalue weighted by atomic mass is 32.2. The van der Waals surface area contributed by atoms with Crippen LogP contribution in [0.25, 0.3) is 5.69 Å². The number of benzene rings is 1. The minimum absolute atomic E-state index is 0.0806. The zero-order valence-electron chi connectivity index (χ0n) is 11.8. The molecule has 1 saturated heterocycles. The summed E-state index contributed by atoms with van der Waals surface area (Å²) in [6, 6.07) is 8.27. The van der Waals surface area contributed by atoms with Crippen LogP contribution in [0.4, 0.5) is 0 Å². The van der Waals surface area contributed by atoms with E-state index in [0.717, 1.165) is 24.1 Å². The van der Waals surface area contributed by atoms with Crippen LogP contribution in [-0.2, 0) is 16.4 Å². The average molecular weight is 305 g/mol. The molecule has 1 aromatic carbocycles. The van der Waals surface area contributed by atoms with Gasteiger partial charge in [-0.1, -0.05) is 12.1 Å². The topological polar surface area (TPSA) is 64.0 Å². The minimum Gasteiger partial charge on any atom is -0.309 e. The number of hydrogen-bond acceptors (Lipinski definition) is 4. The molecule has 1 aliphatic heterocycles. The molecule has 1 aromatic heterocycles. The van der Waals surface area contributed by atoms with Crippen molar-refractivity contribution < 1.29 is 8.42 Å². The van der Waals surface area contributed by atoms with Crippen molar-refractivity contribution in [1.29, 1.82) is 0 Å². The van der Waals surface area contributed by atoms with Gasteiger partial charge in [0.05, 0.1) is 17.8 Å². The molecule has 112 valence electrons. The molecule has 1 N–H and O–H groups in total. The molecule has 5 nitrogen and oxygen atoms in total. The highest BCUT2D eigenvalue weighted by Crippen LogP contribution is 2.14. The van der Waals surface area contributed by atoms with Gasteiger partial charge in [0.1, 0.15) is 0 Å². The fraction of sp³-hybridized carbons (Fsp3) is 0.400. The van der Waals surface area contributed by atoms with Crippen molar-refractivity contribution in [1.82, 2.24) is 14.9 Å². The molecule has 2 aromatic rings. The summed E-state index contributed by atoms with van der Waals surface area (Å²) in [5.74, 6) is 0.602. The highest BCUT2D eigenvalue weighted by Gasteiger charge is 2.23. The first-order valence-electron chi connectivity index (χ1n) is 7.13. The summed E-state index contributed by atoms with van der Waals surface area (Å²) in [6.45, 7) is 0.699. The van der Waals surface area contributed by atoms with Crippen LogP contribution in [-0.4, -0.2) is 35.5 Å². The summed E-state index contributed by atoms with van der Waals surface area (Å²) in [5, 5.41) is 3.35. The third-order valence-corrected chi connectivity index (χ3v) is 5.62. The van der Waals surface area contributed by atoms with Gasteiger partial charge in [-0.3, -0.25) is 0 Å². The molecule has 0 saturated carbocycles.